The lowest BCUT2D eigenvalue weighted by molar-refractivity contribution is 0.568. The summed E-state index contributed by atoms with van der Waals surface area (Å²) in [5.74, 6) is -0.787. The average Bonchev–Trinajstić information content (AvgIpc) is 2.68. The van der Waals surface area contributed by atoms with Crippen LogP contribution in [-0.4, -0.2) is 4.57 Å². The highest BCUT2D eigenvalue weighted by atomic mass is 19.1. The first-order chi connectivity index (χ1) is 9.52. The topological polar surface area (TPSA) is 17.0 Å². The first kappa shape index (κ1) is 14.7. The molecular weight excluding hydrogens is 258 g/mol. The highest BCUT2D eigenvalue weighted by Crippen LogP contribution is 2.15. The zero-order chi connectivity index (χ0) is 14.7. The van der Waals surface area contributed by atoms with Gasteiger partial charge in [0.2, 0.25) is 0 Å². The van der Waals surface area contributed by atoms with Gasteiger partial charge >= 0.3 is 0 Å². The standard InChI is InChI=1S/C16H20F2N2/c1-4-20-11(2)7-13(12(20)3)9-19-10-14-8-15(17)5-6-16(14)18/h5-8,19H,4,9-10H2,1-3H3. The number of benzene rings is 1. The van der Waals surface area contributed by atoms with Crippen molar-refractivity contribution in [2.24, 2.45) is 0 Å². The summed E-state index contributed by atoms with van der Waals surface area (Å²) >= 11 is 0. The van der Waals surface area contributed by atoms with Crippen LogP contribution in [0.5, 0.6) is 0 Å². The van der Waals surface area contributed by atoms with Gasteiger partial charge in [-0.3, -0.25) is 0 Å². The van der Waals surface area contributed by atoms with Crippen LogP contribution >= 0.6 is 0 Å². The van der Waals surface area contributed by atoms with E-state index in [1.807, 2.05) is 0 Å². The Kier molecular flexibility index (Phi) is 4.55. The second kappa shape index (κ2) is 6.18. The molecule has 0 radical (unpaired) electrons. The molecule has 0 bridgehead atoms. The Labute approximate surface area is 118 Å². The Hall–Kier alpha value is -1.68. The number of aryl methyl sites for hydroxylation is 1. The lowest BCUT2D eigenvalue weighted by Gasteiger charge is -2.08. The molecule has 1 aromatic heterocycles. The SMILES string of the molecule is CCn1c(C)cc(CNCc2cc(F)ccc2F)c1C. The second-order valence-corrected chi connectivity index (χ2v) is 4.98. The van der Waals surface area contributed by atoms with Gasteiger partial charge in [0.15, 0.2) is 0 Å². The van der Waals surface area contributed by atoms with Crippen LogP contribution in [0, 0.1) is 25.5 Å². The van der Waals surface area contributed by atoms with E-state index < -0.39 is 5.82 Å². The zero-order valence-corrected chi connectivity index (χ0v) is 12.1. The molecule has 0 spiro atoms. The lowest BCUT2D eigenvalue weighted by atomic mass is 10.2. The van der Waals surface area contributed by atoms with E-state index in [2.05, 4.69) is 36.7 Å². The third kappa shape index (κ3) is 3.07. The highest BCUT2D eigenvalue weighted by molar-refractivity contribution is 5.27. The van der Waals surface area contributed by atoms with Crippen LogP contribution in [0.4, 0.5) is 8.78 Å². The fraction of sp³-hybridized carbons (Fsp3) is 0.375. The van der Waals surface area contributed by atoms with Crippen LogP contribution in [0.3, 0.4) is 0 Å². The van der Waals surface area contributed by atoms with Crippen molar-refractivity contribution in [3.05, 3.63) is 58.4 Å². The van der Waals surface area contributed by atoms with Gasteiger partial charge in [-0.05, 0) is 50.6 Å². The monoisotopic (exact) mass is 278 g/mol. The zero-order valence-electron chi connectivity index (χ0n) is 12.1. The predicted octanol–water partition coefficient (Wildman–Crippen LogP) is 3.69. The number of aromatic nitrogens is 1. The van der Waals surface area contributed by atoms with Gasteiger partial charge in [-0.2, -0.15) is 0 Å². The number of hydrogen-bond acceptors (Lipinski definition) is 1. The predicted molar refractivity (Wildman–Crippen MR) is 76.5 cm³/mol. The molecule has 0 saturated carbocycles. The summed E-state index contributed by atoms with van der Waals surface area (Å²) in [5, 5.41) is 3.17. The highest BCUT2D eigenvalue weighted by Gasteiger charge is 2.08. The molecule has 0 aliphatic rings. The molecule has 0 amide bonds. The Morgan fingerprint density at radius 1 is 1.05 bits per heavy atom. The summed E-state index contributed by atoms with van der Waals surface area (Å²) in [5.41, 5.74) is 3.99. The molecule has 2 rings (SSSR count). The third-order valence-electron chi connectivity index (χ3n) is 3.63. The summed E-state index contributed by atoms with van der Waals surface area (Å²) in [4.78, 5) is 0. The number of nitrogens with zero attached hydrogens (tertiary/aromatic N) is 1. The van der Waals surface area contributed by atoms with Gasteiger partial charge in [0, 0.05) is 36.6 Å². The number of nitrogens with one attached hydrogen (secondary N) is 1. The molecule has 0 aliphatic heterocycles. The molecule has 0 fully saturated rings. The van der Waals surface area contributed by atoms with Crippen molar-refractivity contribution in [1.29, 1.82) is 0 Å². The molecule has 1 N–H and O–H groups in total. The average molecular weight is 278 g/mol. The lowest BCUT2D eigenvalue weighted by Crippen LogP contribution is -2.14. The van der Waals surface area contributed by atoms with Crippen molar-refractivity contribution in [1.82, 2.24) is 9.88 Å². The fourth-order valence-electron chi connectivity index (χ4n) is 2.55. The molecule has 1 aromatic carbocycles. The summed E-state index contributed by atoms with van der Waals surface area (Å²) in [6, 6.07) is 5.66. The van der Waals surface area contributed by atoms with E-state index in [1.165, 1.54) is 23.0 Å². The Bertz CT molecular complexity index is 603. The summed E-state index contributed by atoms with van der Waals surface area (Å²) < 4.78 is 28.8. The summed E-state index contributed by atoms with van der Waals surface area (Å²) in [6.45, 7) is 8.17. The van der Waals surface area contributed by atoms with Crippen LogP contribution in [0.2, 0.25) is 0 Å². The van der Waals surface area contributed by atoms with E-state index in [-0.39, 0.29) is 5.82 Å². The Morgan fingerprint density at radius 2 is 1.75 bits per heavy atom. The van der Waals surface area contributed by atoms with Crippen LogP contribution in [0.25, 0.3) is 0 Å². The van der Waals surface area contributed by atoms with Crippen LogP contribution in [-0.2, 0) is 19.6 Å². The first-order valence-electron chi connectivity index (χ1n) is 6.83. The molecule has 108 valence electrons. The van der Waals surface area contributed by atoms with E-state index in [4.69, 9.17) is 0 Å². The van der Waals surface area contributed by atoms with Crippen LogP contribution in [0.15, 0.2) is 24.3 Å². The first-order valence-corrected chi connectivity index (χ1v) is 6.83. The quantitative estimate of drug-likeness (QED) is 0.882. The van der Waals surface area contributed by atoms with Crippen molar-refractivity contribution in [3.8, 4) is 0 Å². The summed E-state index contributed by atoms with van der Waals surface area (Å²) in [7, 11) is 0. The van der Waals surface area contributed by atoms with Gasteiger partial charge in [-0.1, -0.05) is 0 Å². The largest absolute Gasteiger partial charge is 0.349 e. The minimum absolute atomic E-state index is 0.319. The molecule has 2 nitrogen and oxygen atoms in total. The van der Waals surface area contributed by atoms with Crippen LogP contribution < -0.4 is 5.32 Å². The second-order valence-electron chi connectivity index (χ2n) is 4.98. The van der Waals surface area contributed by atoms with Gasteiger partial charge in [-0.25, -0.2) is 8.78 Å². The molecule has 2 aromatic rings. The van der Waals surface area contributed by atoms with Crippen molar-refractivity contribution < 1.29 is 8.78 Å². The molecule has 0 saturated heterocycles. The molecule has 20 heavy (non-hydrogen) atoms. The number of halogens is 2. The maximum Gasteiger partial charge on any atom is 0.127 e. The molecule has 4 heteroatoms. The molecule has 0 aliphatic carbocycles. The van der Waals surface area contributed by atoms with E-state index >= 15 is 0 Å². The van der Waals surface area contributed by atoms with Gasteiger partial charge in [-0.15, -0.1) is 0 Å². The maximum atomic E-state index is 13.5. The van der Waals surface area contributed by atoms with E-state index in [0.717, 1.165) is 18.7 Å². The van der Waals surface area contributed by atoms with Crippen molar-refractivity contribution in [3.63, 3.8) is 0 Å². The Balaban J connectivity index is 2.01. The van der Waals surface area contributed by atoms with E-state index in [1.54, 1.807) is 0 Å². The normalized spacial score (nSPS) is 11.1. The molecule has 0 unspecified atom stereocenters. The van der Waals surface area contributed by atoms with Crippen molar-refractivity contribution in [2.45, 2.75) is 40.4 Å². The van der Waals surface area contributed by atoms with Gasteiger partial charge in [0.05, 0.1) is 0 Å². The molecule has 0 atom stereocenters. The van der Waals surface area contributed by atoms with Crippen molar-refractivity contribution >= 4 is 0 Å². The molecular formula is C16H20F2N2. The van der Waals surface area contributed by atoms with E-state index in [9.17, 15) is 8.78 Å². The van der Waals surface area contributed by atoms with Gasteiger partial charge in [0.25, 0.3) is 0 Å². The fourth-order valence-corrected chi connectivity index (χ4v) is 2.55. The minimum atomic E-state index is -0.410. The van der Waals surface area contributed by atoms with Gasteiger partial charge in [0.1, 0.15) is 11.6 Å². The number of hydrogen-bond donors (Lipinski definition) is 1. The maximum absolute atomic E-state index is 13.5. The van der Waals surface area contributed by atoms with Gasteiger partial charge < -0.3 is 9.88 Å². The summed E-state index contributed by atoms with van der Waals surface area (Å²) in [6.07, 6.45) is 0. The third-order valence-corrected chi connectivity index (χ3v) is 3.63. The smallest absolute Gasteiger partial charge is 0.127 e. The van der Waals surface area contributed by atoms with Crippen molar-refractivity contribution in [2.75, 3.05) is 0 Å². The minimum Gasteiger partial charge on any atom is -0.349 e. The Morgan fingerprint density at radius 3 is 2.40 bits per heavy atom. The number of rotatable bonds is 5. The molecule has 1 heterocycles. The van der Waals surface area contributed by atoms with E-state index in [0.29, 0.717) is 18.7 Å². The van der Waals surface area contributed by atoms with Crippen LogP contribution in [0.1, 0.15) is 29.4 Å².